The Labute approximate surface area is 123 Å². The van der Waals surface area contributed by atoms with Gasteiger partial charge in [0.2, 0.25) is 0 Å². The Balaban J connectivity index is 2.29. The van der Waals surface area contributed by atoms with Crippen LogP contribution in [0.5, 0.6) is 0 Å². The van der Waals surface area contributed by atoms with Crippen LogP contribution in [0.15, 0.2) is 4.99 Å². The van der Waals surface area contributed by atoms with Crippen LogP contribution in [0.4, 0.5) is 0 Å². The molecule has 5 nitrogen and oxygen atoms in total. The molecule has 0 aliphatic heterocycles. The topological polar surface area (TPSA) is 70.6 Å². The highest BCUT2D eigenvalue weighted by molar-refractivity contribution is 7.90. The minimum atomic E-state index is -2.87. The van der Waals surface area contributed by atoms with Crippen molar-refractivity contribution in [1.82, 2.24) is 10.6 Å². The zero-order chi connectivity index (χ0) is 15.1. The van der Waals surface area contributed by atoms with Gasteiger partial charge in [0.25, 0.3) is 0 Å². The van der Waals surface area contributed by atoms with Crippen LogP contribution in [0.1, 0.15) is 45.4 Å². The molecule has 0 saturated heterocycles. The number of sulfone groups is 1. The van der Waals surface area contributed by atoms with Gasteiger partial charge < -0.3 is 10.6 Å². The number of nitrogens with one attached hydrogen (secondary N) is 2. The molecule has 1 rings (SSSR count). The fourth-order valence-electron chi connectivity index (χ4n) is 2.81. The summed E-state index contributed by atoms with van der Waals surface area (Å²) in [5.74, 6) is 0.994. The van der Waals surface area contributed by atoms with Gasteiger partial charge in [0.15, 0.2) is 5.96 Å². The van der Waals surface area contributed by atoms with Crippen molar-refractivity contribution in [1.29, 1.82) is 0 Å². The molecule has 1 aliphatic carbocycles. The van der Waals surface area contributed by atoms with Crippen molar-refractivity contribution in [2.45, 2.75) is 45.4 Å². The van der Waals surface area contributed by atoms with Gasteiger partial charge in [0.1, 0.15) is 9.84 Å². The van der Waals surface area contributed by atoms with Crippen molar-refractivity contribution in [3.8, 4) is 0 Å². The largest absolute Gasteiger partial charge is 0.356 e. The molecule has 0 bridgehead atoms. The molecule has 118 valence electrons. The zero-order valence-corrected chi connectivity index (χ0v) is 13.9. The van der Waals surface area contributed by atoms with E-state index in [1.807, 2.05) is 0 Å². The van der Waals surface area contributed by atoms with Gasteiger partial charge >= 0.3 is 0 Å². The lowest BCUT2D eigenvalue weighted by atomic mass is 9.83. The monoisotopic (exact) mass is 303 g/mol. The van der Waals surface area contributed by atoms with E-state index in [2.05, 4.69) is 22.5 Å². The van der Waals surface area contributed by atoms with E-state index in [9.17, 15) is 8.42 Å². The molecule has 1 fully saturated rings. The van der Waals surface area contributed by atoms with Gasteiger partial charge in [-0.25, -0.2) is 8.42 Å². The van der Waals surface area contributed by atoms with Crippen LogP contribution in [0.3, 0.4) is 0 Å². The molecule has 0 radical (unpaired) electrons. The molecule has 0 heterocycles. The number of hydrogen-bond acceptors (Lipinski definition) is 3. The fourth-order valence-corrected chi connectivity index (χ4v) is 3.48. The molecule has 1 saturated carbocycles. The van der Waals surface area contributed by atoms with Gasteiger partial charge in [-0.1, -0.05) is 19.8 Å². The number of aliphatic imine (C=N–C) groups is 1. The normalized spacial score (nSPS) is 19.1. The van der Waals surface area contributed by atoms with Crippen molar-refractivity contribution in [2.24, 2.45) is 10.4 Å². The molecule has 0 spiro atoms. The summed E-state index contributed by atoms with van der Waals surface area (Å²) in [6, 6.07) is 0. The molecule has 2 N–H and O–H groups in total. The van der Waals surface area contributed by atoms with E-state index in [1.54, 1.807) is 7.05 Å². The quantitative estimate of drug-likeness (QED) is 0.425. The molecule has 20 heavy (non-hydrogen) atoms. The highest BCUT2D eigenvalue weighted by Gasteiger charge is 2.31. The Morgan fingerprint density at radius 3 is 2.40 bits per heavy atom. The Morgan fingerprint density at radius 1 is 1.25 bits per heavy atom. The highest BCUT2D eigenvalue weighted by Crippen LogP contribution is 2.40. The van der Waals surface area contributed by atoms with E-state index < -0.39 is 9.84 Å². The van der Waals surface area contributed by atoms with E-state index >= 15 is 0 Å². The first-order valence-electron chi connectivity index (χ1n) is 7.53. The summed E-state index contributed by atoms with van der Waals surface area (Å²) >= 11 is 0. The van der Waals surface area contributed by atoms with Crippen LogP contribution in [0.2, 0.25) is 0 Å². The zero-order valence-electron chi connectivity index (χ0n) is 13.0. The van der Waals surface area contributed by atoms with Crippen LogP contribution in [-0.4, -0.2) is 46.5 Å². The number of nitrogens with zero attached hydrogens (tertiary/aromatic N) is 1. The van der Waals surface area contributed by atoms with Crippen molar-refractivity contribution in [3.05, 3.63) is 0 Å². The second kappa shape index (κ2) is 7.86. The molecular formula is C14H29N3O2S. The highest BCUT2D eigenvalue weighted by atomic mass is 32.2. The summed E-state index contributed by atoms with van der Waals surface area (Å²) < 4.78 is 22.1. The van der Waals surface area contributed by atoms with Gasteiger partial charge in [-0.2, -0.15) is 0 Å². The summed E-state index contributed by atoms with van der Waals surface area (Å²) in [4.78, 5) is 4.19. The third-order valence-corrected chi connectivity index (χ3v) is 5.28. The molecule has 6 heteroatoms. The summed E-state index contributed by atoms with van der Waals surface area (Å²) in [6.07, 6.45) is 8.32. The van der Waals surface area contributed by atoms with Crippen molar-refractivity contribution < 1.29 is 8.42 Å². The number of hydrogen-bond donors (Lipinski definition) is 2. The van der Waals surface area contributed by atoms with E-state index in [-0.39, 0.29) is 5.75 Å². The molecular weight excluding hydrogens is 274 g/mol. The van der Waals surface area contributed by atoms with Crippen LogP contribution in [-0.2, 0) is 9.84 Å². The van der Waals surface area contributed by atoms with Crippen LogP contribution >= 0.6 is 0 Å². The molecule has 0 atom stereocenters. The first-order valence-corrected chi connectivity index (χ1v) is 9.59. The predicted molar refractivity (Wildman–Crippen MR) is 84.9 cm³/mol. The summed E-state index contributed by atoms with van der Waals surface area (Å²) in [6.45, 7) is 3.84. The van der Waals surface area contributed by atoms with E-state index in [1.165, 1.54) is 38.4 Å². The lowest BCUT2D eigenvalue weighted by molar-refractivity contribution is 0.283. The molecule has 0 amide bonds. The summed E-state index contributed by atoms with van der Waals surface area (Å²) in [5.41, 5.74) is 0.421. The molecule has 0 unspecified atom stereocenters. The van der Waals surface area contributed by atoms with Gasteiger partial charge in [0, 0.05) is 26.4 Å². The first-order chi connectivity index (χ1) is 9.41. The minimum Gasteiger partial charge on any atom is -0.356 e. The number of rotatable bonds is 7. The Morgan fingerprint density at radius 2 is 1.90 bits per heavy atom. The fraction of sp³-hybridized carbons (Fsp3) is 0.929. The summed E-state index contributed by atoms with van der Waals surface area (Å²) in [5, 5.41) is 6.57. The SMILES string of the molecule is CCC1(CNC(=NC)NCCCS(C)(=O)=O)CCCC1. The molecule has 0 aromatic heterocycles. The average Bonchev–Trinajstić information content (AvgIpc) is 2.86. The lowest BCUT2D eigenvalue weighted by Gasteiger charge is -2.28. The van der Waals surface area contributed by atoms with Crippen molar-refractivity contribution in [3.63, 3.8) is 0 Å². The lowest BCUT2D eigenvalue weighted by Crippen LogP contribution is -2.43. The third-order valence-electron chi connectivity index (χ3n) is 4.25. The Kier molecular flexibility index (Phi) is 6.79. The standard InChI is InChI=1S/C14H29N3O2S/c1-4-14(8-5-6-9-14)12-17-13(15-2)16-10-7-11-20(3,18)19/h4-12H2,1-3H3,(H2,15,16,17). The second-order valence-electron chi connectivity index (χ2n) is 5.90. The minimum absolute atomic E-state index is 0.218. The van der Waals surface area contributed by atoms with Gasteiger partial charge in [-0.15, -0.1) is 0 Å². The second-order valence-corrected chi connectivity index (χ2v) is 8.16. The van der Waals surface area contributed by atoms with Crippen LogP contribution < -0.4 is 10.6 Å². The first kappa shape index (κ1) is 17.3. The molecule has 0 aromatic rings. The number of guanidine groups is 1. The van der Waals surface area contributed by atoms with Gasteiger partial charge in [0.05, 0.1) is 5.75 Å². The maximum absolute atomic E-state index is 11.1. The predicted octanol–water partition coefficient (Wildman–Crippen LogP) is 1.56. The maximum Gasteiger partial charge on any atom is 0.190 e. The van der Waals surface area contributed by atoms with E-state index in [4.69, 9.17) is 0 Å². The third kappa shape index (κ3) is 6.11. The molecule has 1 aliphatic rings. The van der Waals surface area contributed by atoms with Gasteiger partial charge in [-0.3, -0.25) is 4.99 Å². The van der Waals surface area contributed by atoms with Gasteiger partial charge in [-0.05, 0) is 31.1 Å². The van der Waals surface area contributed by atoms with E-state index in [0.29, 0.717) is 18.4 Å². The van der Waals surface area contributed by atoms with Crippen LogP contribution in [0, 0.1) is 5.41 Å². The maximum atomic E-state index is 11.1. The Bertz CT molecular complexity index is 412. The van der Waals surface area contributed by atoms with Crippen LogP contribution in [0.25, 0.3) is 0 Å². The average molecular weight is 303 g/mol. The van der Waals surface area contributed by atoms with Crippen molar-refractivity contribution in [2.75, 3.05) is 32.1 Å². The smallest absolute Gasteiger partial charge is 0.190 e. The van der Waals surface area contributed by atoms with Crippen molar-refractivity contribution >= 4 is 15.8 Å². The summed E-state index contributed by atoms with van der Waals surface area (Å²) in [7, 11) is -1.12. The van der Waals surface area contributed by atoms with E-state index in [0.717, 1.165) is 12.5 Å². The molecule has 0 aromatic carbocycles. The Hall–Kier alpha value is -0.780.